The third-order valence-electron chi connectivity index (χ3n) is 3.88. The third kappa shape index (κ3) is 4.47. The summed E-state index contributed by atoms with van der Waals surface area (Å²) in [7, 11) is -3.51. The van der Waals surface area contributed by atoms with Crippen molar-refractivity contribution in [1.29, 1.82) is 0 Å². The maximum atomic E-state index is 12.2. The lowest BCUT2D eigenvalue weighted by Gasteiger charge is -2.09. The third-order valence-corrected chi connectivity index (χ3v) is 5.36. The van der Waals surface area contributed by atoms with Gasteiger partial charge < -0.3 is 9.88 Å². The van der Waals surface area contributed by atoms with Gasteiger partial charge in [0.25, 0.3) is 0 Å². The summed E-state index contributed by atoms with van der Waals surface area (Å²) in [6.45, 7) is 2.68. The monoisotopic (exact) mass is 371 g/mol. The molecule has 0 unspecified atom stereocenters. The maximum absolute atomic E-state index is 12.2. The second-order valence-corrected chi connectivity index (χ2v) is 7.46. The van der Waals surface area contributed by atoms with Crippen LogP contribution in [0.25, 0.3) is 5.82 Å². The van der Waals surface area contributed by atoms with Crippen molar-refractivity contribution >= 4 is 15.8 Å². The average Bonchev–Trinajstić information content (AvgIpc) is 3.20. The van der Waals surface area contributed by atoms with Crippen molar-refractivity contribution in [1.82, 2.24) is 19.5 Å². The number of aryl methyl sites for hydroxylation is 1. The van der Waals surface area contributed by atoms with Gasteiger partial charge in [0, 0.05) is 25.5 Å². The Hall–Kier alpha value is -2.71. The average molecular weight is 371 g/mol. The Bertz CT molecular complexity index is 921. The van der Waals surface area contributed by atoms with E-state index in [-0.39, 0.29) is 11.4 Å². The molecule has 0 aliphatic rings. The molecule has 0 bridgehead atoms. The highest BCUT2D eigenvalue weighted by Crippen LogP contribution is 2.11. The molecule has 0 atom stereocenters. The summed E-state index contributed by atoms with van der Waals surface area (Å²) in [4.78, 5) is 0.269. The minimum atomic E-state index is -3.51. The number of aromatic nitrogens is 3. The Morgan fingerprint density at radius 1 is 0.962 bits per heavy atom. The van der Waals surface area contributed by atoms with Crippen LogP contribution < -0.4 is 10.0 Å². The van der Waals surface area contributed by atoms with Gasteiger partial charge in [0.05, 0.1) is 4.90 Å². The van der Waals surface area contributed by atoms with Gasteiger partial charge in [0.2, 0.25) is 10.0 Å². The van der Waals surface area contributed by atoms with Gasteiger partial charge in [-0.1, -0.05) is 19.1 Å². The first kappa shape index (κ1) is 18.1. The van der Waals surface area contributed by atoms with Crippen LogP contribution in [0.1, 0.15) is 12.5 Å². The summed E-state index contributed by atoms with van der Waals surface area (Å²) in [6.07, 6.45) is 4.65. The number of rotatable bonds is 8. The van der Waals surface area contributed by atoms with E-state index in [2.05, 4.69) is 20.2 Å². The molecule has 0 amide bonds. The number of nitrogens with one attached hydrogen (secondary N) is 2. The summed E-state index contributed by atoms with van der Waals surface area (Å²) in [5.74, 6) is 1.31. The van der Waals surface area contributed by atoms with E-state index in [1.807, 2.05) is 54.2 Å². The largest absolute Gasteiger partial charge is 0.367 e. The van der Waals surface area contributed by atoms with Crippen LogP contribution in [-0.2, 0) is 16.4 Å². The molecule has 0 aliphatic carbocycles. The van der Waals surface area contributed by atoms with E-state index >= 15 is 0 Å². The number of nitrogens with zero attached hydrogens (tertiary/aromatic N) is 3. The molecule has 1 aromatic carbocycles. The molecule has 2 aromatic heterocycles. The van der Waals surface area contributed by atoms with E-state index in [4.69, 9.17) is 0 Å². The summed E-state index contributed by atoms with van der Waals surface area (Å²) >= 11 is 0. The SMILES string of the molecule is CCc1ccc(S(=O)(=O)NCCNc2ccc(-n3cccc3)nn2)cc1. The summed E-state index contributed by atoms with van der Waals surface area (Å²) in [5, 5.41) is 11.3. The minimum absolute atomic E-state index is 0.249. The highest BCUT2D eigenvalue weighted by atomic mass is 32.2. The van der Waals surface area contributed by atoms with Gasteiger partial charge in [0.1, 0.15) is 5.82 Å². The molecule has 0 saturated carbocycles. The molecule has 8 heteroatoms. The van der Waals surface area contributed by atoms with Crippen molar-refractivity contribution < 1.29 is 8.42 Å². The van der Waals surface area contributed by atoms with Crippen LogP contribution in [0.4, 0.5) is 5.82 Å². The van der Waals surface area contributed by atoms with Crippen molar-refractivity contribution in [2.45, 2.75) is 18.2 Å². The van der Waals surface area contributed by atoms with E-state index in [0.717, 1.165) is 17.8 Å². The molecule has 0 saturated heterocycles. The quantitative estimate of drug-likeness (QED) is 0.593. The molecule has 26 heavy (non-hydrogen) atoms. The Labute approximate surface area is 153 Å². The molecule has 3 rings (SSSR count). The van der Waals surface area contributed by atoms with Crippen LogP contribution in [0.2, 0.25) is 0 Å². The predicted molar refractivity (Wildman–Crippen MR) is 101 cm³/mol. The smallest absolute Gasteiger partial charge is 0.240 e. The Morgan fingerprint density at radius 2 is 1.69 bits per heavy atom. The molecule has 7 nitrogen and oxygen atoms in total. The van der Waals surface area contributed by atoms with Gasteiger partial charge in [-0.15, -0.1) is 10.2 Å². The van der Waals surface area contributed by atoms with Crippen LogP contribution in [0.3, 0.4) is 0 Å². The van der Waals surface area contributed by atoms with Crippen molar-refractivity contribution in [3.05, 3.63) is 66.5 Å². The molecule has 2 N–H and O–H groups in total. The van der Waals surface area contributed by atoms with Crippen molar-refractivity contribution in [3.63, 3.8) is 0 Å². The Kier molecular flexibility index (Phi) is 5.65. The maximum Gasteiger partial charge on any atom is 0.240 e. The number of hydrogen-bond acceptors (Lipinski definition) is 5. The van der Waals surface area contributed by atoms with Crippen molar-refractivity contribution in [3.8, 4) is 5.82 Å². The van der Waals surface area contributed by atoms with Gasteiger partial charge in [0.15, 0.2) is 5.82 Å². The van der Waals surface area contributed by atoms with Gasteiger partial charge >= 0.3 is 0 Å². The second-order valence-electron chi connectivity index (χ2n) is 5.69. The lowest BCUT2D eigenvalue weighted by atomic mass is 10.2. The van der Waals surface area contributed by atoms with Crippen molar-refractivity contribution in [2.75, 3.05) is 18.4 Å². The molecule has 0 radical (unpaired) electrons. The van der Waals surface area contributed by atoms with Crippen LogP contribution in [-0.4, -0.2) is 36.3 Å². The fraction of sp³-hybridized carbons (Fsp3) is 0.222. The van der Waals surface area contributed by atoms with Crippen LogP contribution >= 0.6 is 0 Å². The van der Waals surface area contributed by atoms with E-state index in [0.29, 0.717) is 12.4 Å². The van der Waals surface area contributed by atoms with Crippen LogP contribution in [0.5, 0.6) is 0 Å². The van der Waals surface area contributed by atoms with Gasteiger partial charge in [-0.05, 0) is 48.4 Å². The highest BCUT2D eigenvalue weighted by Gasteiger charge is 2.12. The highest BCUT2D eigenvalue weighted by molar-refractivity contribution is 7.89. The Morgan fingerprint density at radius 3 is 2.31 bits per heavy atom. The number of benzene rings is 1. The zero-order valence-corrected chi connectivity index (χ0v) is 15.3. The lowest BCUT2D eigenvalue weighted by molar-refractivity contribution is 0.583. The molecular weight excluding hydrogens is 350 g/mol. The normalized spacial score (nSPS) is 11.4. The summed E-state index contributed by atoms with van der Waals surface area (Å²) in [6, 6.07) is 14.4. The summed E-state index contributed by atoms with van der Waals surface area (Å²) < 4.78 is 28.9. The molecule has 136 valence electrons. The molecular formula is C18H21N5O2S. The van der Waals surface area contributed by atoms with E-state index in [1.54, 1.807) is 18.2 Å². The standard InChI is InChI=1S/C18H21N5O2S/c1-2-15-5-7-16(8-6-15)26(24,25)20-12-11-19-17-9-10-18(22-21-17)23-13-3-4-14-23/h3-10,13-14,20H,2,11-12H2,1H3,(H,19,21). The molecule has 3 aromatic rings. The van der Waals surface area contributed by atoms with E-state index in [1.165, 1.54) is 0 Å². The fourth-order valence-electron chi connectivity index (χ4n) is 2.41. The molecule has 0 aliphatic heterocycles. The first-order valence-electron chi connectivity index (χ1n) is 8.38. The Balaban J connectivity index is 1.50. The molecule has 0 fully saturated rings. The molecule has 2 heterocycles. The van der Waals surface area contributed by atoms with Gasteiger partial charge in [-0.2, -0.15) is 0 Å². The summed E-state index contributed by atoms with van der Waals surface area (Å²) in [5.41, 5.74) is 1.10. The topological polar surface area (TPSA) is 88.9 Å². The second kappa shape index (κ2) is 8.11. The lowest BCUT2D eigenvalue weighted by Crippen LogP contribution is -2.29. The zero-order valence-electron chi connectivity index (χ0n) is 14.5. The molecule has 0 spiro atoms. The van der Waals surface area contributed by atoms with Crippen LogP contribution in [0, 0.1) is 0 Å². The predicted octanol–water partition coefficient (Wildman–Crippen LogP) is 2.22. The van der Waals surface area contributed by atoms with Crippen molar-refractivity contribution in [2.24, 2.45) is 0 Å². The number of sulfonamides is 1. The first-order valence-corrected chi connectivity index (χ1v) is 9.86. The number of anilines is 1. The van der Waals surface area contributed by atoms with Gasteiger partial charge in [-0.25, -0.2) is 13.1 Å². The fourth-order valence-corrected chi connectivity index (χ4v) is 3.44. The minimum Gasteiger partial charge on any atom is -0.367 e. The zero-order chi connectivity index (χ0) is 18.4. The van der Waals surface area contributed by atoms with Crippen LogP contribution in [0.15, 0.2) is 65.8 Å². The van der Waals surface area contributed by atoms with E-state index in [9.17, 15) is 8.42 Å². The number of hydrogen-bond donors (Lipinski definition) is 2. The van der Waals surface area contributed by atoms with Gasteiger partial charge in [-0.3, -0.25) is 0 Å². The van der Waals surface area contributed by atoms with E-state index < -0.39 is 10.0 Å². The first-order chi connectivity index (χ1) is 12.6.